The van der Waals surface area contributed by atoms with Gasteiger partial charge in [-0.05, 0) is 48.4 Å². The zero-order valence-corrected chi connectivity index (χ0v) is 18.7. The van der Waals surface area contributed by atoms with Crippen molar-refractivity contribution in [3.05, 3.63) is 88.4 Å². The van der Waals surface area contributed by atoms with Crippen molar-refractivity contribution in [2.45, 2.75) is 24.0 Å². The number of hydrogen-bond donors (Lipinski definition) is 3. The molecule has 0 radical (unpaired) electrons. The molecule has 0 heterocycles. The highest BCUT2D eigenvalue weighted by Gasteiger charge is 2.31. The Kier molecular flexibility index (Phi) is 7.01. The summed E-state index contributed by atoms with van der Waals surface area (Å²) >= 11 is 6.01. The number of amides is 1. The summed E-state index contributed by atoms with van der Waals surface area (Å²) < 4.78 is 63.0. The van der Waals surface area contributed by atoms with Crippen LogP contribution < -0.4 is 15.8 Å². The Morgan fingerprint density at radius 3 is 2.30 bits per heavy atom. The minimum atomic E-state index is -4.62. The van der Waals surface area contributed by atoms with Crippen molar-refractivity contribution in [3.8, 4) is 0 Å². The predicted octanol–water partition coefficient (Wildman–Crippen LogP) is 5.11. The Hall–Kier alpha value is -3.08. The van der Waals surface area contributed by atoms with Crippen LogP contribution in [0.5, 0.6) is 0 Å². The molecule has 1 atom stereocenters. The second kappa shape index (κ2) is 9.42. The summed E-state index contributed by atoms with van der Waals surface area (Å²) in [6, 6.07) is 14.2. The lowest BCUT2D eigenvalue weighted by Gasteiger charge is -2.21. The molecule has 6 nitrogen and oxygen atoms in total. The minimum Gasteiger partial charge on any atom is -0.370 e. The Labute approximate surface area is 193 Å². The highest BCUT2D eigenvalue weighted by atomic mass is 35.5. The normalized spacial score (nSPS) is 12.8. The molecule has 0 aliphatic heterocycles. The van der Waals surface area contributed by atoms with Crippen molar-refractivity contribution in [1.29, 1.82) is 0 Å². The van der Waals surface area contributed by atoms with Crippen LogP contribution in [-0.2, 0) is 21.0 Å². The number of anilines is 2. The number of alkyl halides is 3. The first-order valence-corrected chi connectivity index (χ1v) is 11.4. The van der Waals surface area contributed by atoms with Crippen LogP contribution in [0.3, 0.4) is 0 Å². The Morgan fingerprint density at radius 1 is 1.03 bits per heavy atom. The van der Waals surface area contributed by atoms with Gasteiger partial charge in [0.25, 0.3) is 5.91 Å². The van der Waals surface area contributed by atoms with Crippen LogP contribution >= 0.6 is 11.6 Å². The second-order valence-corrected chi connectivity index (χ2v) is 9.13. The zero-order valence-electron chi connectivity index (χ0n) is 17.2. The van der Waals surface area contributed by atoms with Crippen LogP contribution in [0.4, 0.5) is 24.5 Å². The van der Waals surface area contributed by atoms with Crippen LogP contribution in [0.15, 0.2) is 71.6 Å². The van der Waals surface area contributed by atoms with Gasteiger partial charge < -0.3 is 10.6 Å². The maximum absolute atomic E-state index is 13.1. The standard InChI is InChI=1S/C22H19ClF3N3O3S/c1-13-7-9-16(12-19(13)33(27,31)32)28-20(14-5-3-2-4-6-14)21(30)29-18-11-15(22(24,25)26)8-10-17(18)23/h2-12,20,28H,1H3,(H,29,30)(H2,27,31,32). The van der Waals surface area contributed by atoms with Crippen LogP contribution in [0, 0.1) is 6.92 Å². The topological polar surface area (TPSA) is 101 Å². The number of hydrogen-bond acceptors (Lipinski definition) is 4. The van der Waals surface area contributed by atoms with Crippen molar-refractivity contribution in [2.24, 2.45) is 5.14 Å². The molecule has 0 saturated heterocycles. The number of carbonyl (C=O) groups excluding carboxylic acids is 1. The molecule has 33 heavy (non-hydrogen) atoms. The molecule has 174 valence electrons. The van der Waals surface area contributed by atoms with E-state index in [-0.39, 0.29) is 21.3 Å². The van der Waals surface area contributed by atoms with Gasteiger partial charge in [0.1, 0.15) is 6.04 Å². The molecular formula is C22H19ClF3N3O3S. The molecule has 0 bridgehead atoms. The van der Waals surface area contributed by atoms with Gasteiger partial charge >= 0.3 is 6.18 Å². The average molecular weight is 498 g/mol. The molecule has 0 fully saturated rings. The largest absolute Gasteiger partial charge is 0.416 e. The van der Waals surface area contributed by atoms with E-state index in [0.29, 0.717) is 11.1 Å². The van der Waals surface area contributed by atoms with Gasteiger partial charge in [0.15, 0.2) is 0 Å². The van der Waals surface area contributed by atoms with Crippen LogP contribution in [0.25, 0.3) is 0 Å². The number of sulfonamides is 1. The predicted molar refractivity (Wildman–Crippen MR) is 120 cm³/mol. The van der Waals surface area contributed by atoms with E-state index in [0.717, 1.165) is 18.2 Å². The van der Waals surface area contributed by atoms with Crippen LogP contribution in [-0.4, -0.2) is 14.3 Å². The summed E-state index contributed by atoms with van der Waals surface area (Å²) in [6.45, 7) is 1.57. The van der Waals surface area contributed by atoms with Crippen LogP contribution in [0.1, 0.15) is 22.7 Å². The fourth-order valence-electron chi connectivity index (χ4n) is 3.11. The number of rotatable bonds is 6. The third-order valence-electron chi connectivity index (χ3n) is 4.75. The molecule has 11 heteroatoms. The Balaban J connectivity index is 1.97. The second-order valence-electron chi connectivity index (χ2n) is 7.19. The zero-order chi connectivity index (χ0) is 24.4. The quantitative estimate of drug-likeness (QED) is 0.440. The average Bonchev–Trinajstić information content (AvgIpc) is 2.73. The van der Waals surface area contributed by atoms with Crippen molar-refractivity contribution >= 4 is 38.9 Å². The molecule has 0 saturated carbocycles. The molecular weight excluding hydrogens is 479 g/mol. The van der Waals surface area contributed by atoms with Crippen molar-refractivity contribution < 1.29 is 26.4 Å². The monoisotopic (exact) mass is 497 g/mol. The molecule has 3 rings (SSSR count). The van der Waals surface area contributed by atoms with Crippen molar-refractivity contribution in [1.82, 2.24) is 0 Å². The van der Waals surface area contributed by atoms with E-state index < -0.39 is 33.7 Å². The number of aryl methyl sites for hydroxylation is 1. The number of primary sulfonamides is 1. The lowest BCUT2D eigenvalue weighted by Crippen LogP contribution is -2.27. The highest BCUT2D eigenvalue weighted by Crippen LogP contribution is 2.34. The number of halogens is 4. The van der Waals surface area contributed by atoms with Gasteiger partial charge in [-0.15, -0.1) is 0 Å². The van der Waals surface area contributed by atoms with Gasteiger partial charge in [-0.25, -0.2) is 13.6 Å². The first-order valence-electron chi connectivity index (χ1n) is 9.49. The Morgan fingerprint density at radius 2 is 1.70 bits per heavy atom. The van der Waals surface area contributed by atoms with E-state index in [1.807, 2.05) is 0 Å². The highest BCUT2D eigenvalue weighted by molar-refractivity contribution is 7.89. The lowest BCUT2D eigenvalue weighted by atomic mass is 10.0. The summed E-state index contributed by atoms with van der Waals surface area (Å²) in [5, 5.41) is 10.5. The third-order valence-corrected chi connectivity index (χ3v) is 6.13. The molecule has 0 aliphatic rings. The number of nitrogens with two attached hydrogens (primary N) is 1. The maximum Gasteiger partial charge on any atom is 0.416 e. The summed E-state index contributed by atoms with van der Waals surface area (Å²) in [4.78, 5) is 13.0. The maximum atomic E-state index is 13.1. The van der Waals surface area contributed by atoms with Gasteiger partial charge in [-0.3, -0.25) is 4.79 Å². The van der Waals surface area contributed by atoms with Crippen molar-refractivity contribution in [2.75, 3.05) is 10.6 Å². The van der Waals surface area contributed by atoms with Gasteiger partial charge in [-0.1, -0.05) is 48.0 Å². The summed E-state index contributed by atoms with van der Waals surface area (Å²) in [7, 11) is -4.01. The first kappa shape index (κ1) is 24.6. The molecule has 0 aliphatic carbocycles. The van der Waals surface area contributed by atoms with E-state index in [1.165, 1.54) is 12.1 Å². The van der Waals surface area contributed by atoms with E-state index in [2.05, 4.69) is 10.6 Å². The summed E-state index contributed by atoms with van der Waals surface area (Å²) in [6.07, 6.45) is -4.62. The van der Waals surface area contributed by atoms with E-state index in [1.54, 1.807) is 43.3 Å². The Bertz CT molecular complexity index is 1280. The van der Waals surface area contributed by atoms with Crippen LogP contribution in [0.2, 0.25) is 5.02 Å². The molecule has 0 aromatic heterocycles. The van der Waals surface area contributed by atoms with Gasteiger partial charge in [0, 0.05) is 5.69 Å². The summed E-state index contributed by atoms with van der Waals surface area (Å²) in [5.41, 5.74) is -0.0183. The third kappa shape index (κ3) is 6.04. The molecule has 1 amide bonds. The first-order chi connectivity index (χ1) is 15.4. The van der Waals surface area contributed by atoms with Gasteiger partial charge in [0.05, 0.1) is 21.2 Å². The fraction of sp³-hybridized carbons (Fsp3) is 0.136. The number of carbonyl (C=O) groups is 1. The molecule has 3 aromatic rings. The smallest absolute Gasteiger partial charge is 0.370 e. The lowest BCUT2D eigenvalue weighted by molar-refractivity contribution is -0.137. The van der Waals surface area contributed by atoms with Gasteiger partial charge in [0.2, 0.25) is 10.0 Å². The molecule has 3 aromatic carbocycles. The minimum absolute atomic E-state index is 0.0741. The van der Waals surface area contributed by atoms with Crippen molar-refractivity contribution in [3.63, 3.8) is 0 Å². The molecule has 1 unspecified atom stereocenters. The molecule has 4 N–H and O–H groups in total. The fourth-order valence-corrected chi connectivity index (χ4v) is 4.08. The van der Waals surface area contributed by atoms with Gasteiger partial charge in [-0.2, -0.15) is 13.2 Å². The number of benzene rings is 3. The van der Waals surface area contributed by atoms with E-state index >= 15 is 0 Å². The van der Waals surface area contributed by atoms with E-state index in [9.17, 15) is 26.4 Å². The van der Waals surface area contributed by atoms with E-state index in [4.69, 9.17) is 16.7 Å². The summed E-state index contributed by atoms with van der Waals surface area (Å²) in [5.74, 6) is -0.708. The molecule has 0 spiro atoms. The number of nitrogens with one attached hydrogen (secondary N) is 2. The SMILES string of the molecule is Cc1ccc(NC(C(=O)Nc2cc(C(F)(F)F)ccc2Cl)c2ccccc2)cc1S(N)(=O)=O.